The largest absolute Gasteiger partial charge is 0.478 e. The number of carboxylic acid groups (broad SMARTS) is 1. The van der Waals surface area contributed by atoms with Crippen LogP contribution in [-0.2, 0) is 0 Å². The summed E-state index contributed by atoms with van der Waals surface area (Å²) in [6.45, 7) is 0. The molecule has 0 radical (unpaired) electrons. The van der Waals surface area contributed by atoms with E-state index in [2.05, 4.69) is 10.2 Å². The fraction of sp³-hybridized carbons (Fsp3) is 0. The molecule has 0 atom stereocenters. The van der Waals surface area contributed by atoms with Crippen LogP contribution in [0.4, 0.5) is 0 Å². The number of hydrogen-bond donors (Lipinski definition) is 1. The molecule has 0 spiro atoms. The predicted molar refractivity (Wildman–Crippen MR) is 60.2 cm³/mol. The first-order valence-electron chi connectivity index (χ1n) is 4.94. The van der Waals surface area contributed by atoms with Crippen LogP contribution in [0.1, 0.15) is 15.9 Å². The SMILES string of the molecule is N#Cc1ccnnc1Oc1ccccc1C(=O)O. The zero-order chi connectivity index (χ0) is 13.0. The second-order valence-electron chi connectivity index (χ2n) is 3.27. The average molecular weight is 241 g/mol. The Balaban J connectivity index is 2.41. The second-order valence-corrected chi connectivity index (χ2v) is 3.27. The zero-order valence-electron chi connectivity index (χ0n) is 9.07. The van der Waals surface area contributed by atoms with Crippen LogP contribution in [-0.4, -0.2) is 21.3 Å². The molecular weight excluding hydrogens is 234 g/mol. The number of para-hydroxylation sites is 1. The van der Waals surface area contributed by atoms with Gasteiger partial charge in [-0.25, -0.2) is 4.79 Å². The summed E-state index contributed by atoms with van der Waals surface area (Å²) in [6, 6.07) is 9.42. The molecule has 2 aromatic rings. The van der Waals surface area contributed by atoms with Crippen LogP contribution in [0, 0.1) is 11.3 Å². The number of nitriles is 1. The molecule has 88 valence electrons. The van der Waals surface area contributed by atoms with Gasteiger partial charge in [0.25, 0.3) is 5.88 Å². The normalized spacial score (nSPS) is 9.50. The quantitative estimate of drug-likeness (QED) is 0.880. The van der Waals surface area contributed by atoms with Gasteiger partial charge in [0.2, 0.25) is 0 Å². The van der Waals surface area contributed by atoms with E-state index in [1.807, 2.05) is 6.07 Å². The molecule has 0 saturated heterocycles. The van der Waals surface area contributed by atoms with Crippen molar-refractivity contribution in [1.29, 1.82) is 5.26 Å². The lowest BCUT2D eigenvalue weighted by Gasteiger charge is -2.07. The Kier molecular flexibility index (Phi) is 3.16. The minimum atomic E-state index is -1.12. The number of carbonyl (C=O) groups is 1. The summed E-state index contributed by atoms with van der Waals surface area (Å²) in [6.07, 6.45) is 1.36. The molecule has 1 heterocycles. The van der Waals surface area contributed by atoms with Crippen molar-refractivity contribution >= 4 is 5.97 Å². The molecule has 0 amide bonds. The maximum absolute atomic E-state index is 11.0. The van der Waals surface area contributed by atoms with E-state index < -0.39 is 5.97 Å². The summed E-state index contributed by atoms with van der Waals surface area (Å²) >= 11 is 0. The highest BCUT2D eigenvalue weighted by Gasteiger charge is 2.13. The van der Waals surface area contributed by atoms with Crippen LogP contribution >= 0.6 is 0 Å². The molecule has 0 aliphatic heterocycles. The minimum Gasteiger partial charge on any atom is -0.478 e. The lowest BCUT2D eigenvalue weighted by molar-refractivity contribution is 0.0694. The van der Waals surface area contributed by atoms with Crippen molar-refractivity contribution in [3.05, 3.63) is 47.7 Å². The van der Waals surface area contributed by atoms with Gasteiger partial charge in [0.1, 0.15) is 22.9 Å². The maximum atomic E-state index is 11.0. The van der Waals surface area contributed by atoms with E-state index in [0.29, 0.717) is 0 Å². The van der Waals surface area contributed by atoms with Gasteiger partial charge in [0.15, 0.2) is 0 Å². The van der Waals surface area contributed by atoms with Crippen molar-refractivity contribution in [2.45, 2.75) is 0 Å². The summed E-state index contributed by atoms with van der Waals surface area (Å²) in [5.41, 5.74) is 0.178. The van der Waals surface area contributed by atoms with E-state index in [4.69, 9.17) is 15.1 Å². The van der Waals surface area contributed by atoms with Gasteiger partial charge in [-0.2, -0.15) is 10.4 Å². The molecular formula is C12H7N3O3. The third-order valence-electron chi connectivity index (χ3n) is 2.13. The summed E-state index contributed by atoms with van der Waals surface area (Å²) in [5, 5.41) is 25.1. The zero-order valence-corrected chi connectivity index (χ0v) is 9.07. The van der Waals surface area contributed by atoms with Gasteiger partial charge in [-0.1, -0.05) is 12.1 Å². The van der Waals surface area contributed by atoms with Gasteiger partial charge in [0.05, 0.1) is 6.20 Å². The first-order chi connectivity index (χ1) is 8.72. The average Bonchev–Trinajstić information content (AvgIpc) is 2.40. The molecule has 18 heavy (non-hydrogen) atoms. The van der Waals surface area contributed by atoms with E-state index in [1.165, 1.54) is 24.4 Å². The Morgan fingerprint density at radius 1 is 1.33 bits per heavy atom. The van der Waals surface area contributed by atoms with Crippen LogP contribution in [0.25, 0.3) is 0 Å². The standard InChI is InChI=1S/C12H7N3O3/c13-7-8-5-6-14-15-11(8)18-10-4-2-1-3-9(10)12(16)17/h1-6H,(H,16,17). The lowest BCUT2D eigenvalue weighted by Crippen LogP contribution is -2.01. The van der Waals surface area contributed by atoms with Crippen LogP contribution in [0.15, 0.2) is 36.5 Å². The molecule has 0 fully saturated rings. The molecule has 0 aliphatic carbocycles. The Labute approximate surface area is 102 Å². The highest BCUT2D eigenvalue weighted by molar-refractivity contribution is 5.90. The third kappa shape index (κ3) is 2.25. The van der Waals surface area contributed by atoms with Gasteiger partial charge < -0.3 is 9.84 Å². The number of benzene rings is 1. The number of nitrogens with zero attached hydrogens (tertiary/aromatic N) is 3. The summed E-state index contributed by atoms with van der Waals surface area (Å²) in [4.78, 5) is 11.0. The van der Waals surface area contributed by atoms with Crippen LogP contribution in [0.3, 0.4) is 0 Å². The molecule has 0 saturated carbocycles. The number of rotatable bonds is 3. The summed E-state index contributed by atoms with van der Waals surface area (Å²) in [7, 11) is 0. The molecule has 6 nitrogen and oxygen atoms in total. The number of aromatic carboxylic acids is 1. The number of hydrogen-bond acceptors (Lipinski definition) is 5. The van der Waals surface area contributed by atoms with Crippen molar-refractivity contribution in [2.24, 2.45) is 0 Å². The fourth-order valence-electron chi connectivity index (χ4n) is 1.32. The fourth-order valence-corrected chi connectivity index (χ4v) is 1.32. The molecule has 0 unspecified atom stereocenters. The first kappa shape index (κ1) is 11.5. The van der Waals surface area contributed by atoms with Gasteiger partial charge in [-0.3, -0.25) is 0 Å². The highest BCUT2D eigenvalue weighted by Crippen LogP contribution is 2.25. The van der Waals surface area contributed by atoms with Gasteiger partial charge in [0, 0.05) is 0 Å². The number of aromatic nitrogens is 2. The monoisotopic (exact) mass is 241 g/mol. The summed E-state index contributed by atoms with van der Waals surface area (Å²) < 4.78 is 5.32. The van der Waals surface area contributed by atoms with Gasteiger partial charge in [-0.15, -0.1) is 5.10 Å². The summed E-state index contributed by atoms with van der Waals surface area (Å²) in [5.74, 6) is -1.02. The molecule has 1 aromatic heterocycles. The van der Waals surface area contributed by atoms with Crippen molar-refractivity contribution in [2.75, 3.05) is 0 Å². The van der Waals surface area contributed by atoms with Crippen molar-refractivity contribution in [3.8, 4) is 17.7 Å². The van der Waals surface area contributed by atoms with Crippen LogP contribution in [0.5, 0.6) is 11.6 Å². The molecule has 1 aromatic carbocycles. The minimum absolute atomic E-state index is 0.00737. The van der Waals surface area contributed by atoms with Crippen molar-refractivity contribution < 1.29 is 14.6 Å². The Morgan fingerprint density at radius 3 is 2.83 bits per heavy atom. The maximum Gasteiger partial charge on any atom is 0.339 e. The van der Waals surface area contributed by atoms with Crippen molar-refractivity contribution in [3.63, 3.8) is 0 Å². The Morgan fingerprint density at radius 2 is 2.11 bits per heavy atom. The van der Waals surface area contributed by atoms with Gasteiger partial charge >= 0.3 is 5.97 Å². The first-order valence-corrected chi connectivity index (χ1v) is 4.94. The van der Waals surface area contributed by atoms with E-state index in [-0.39, 0.29) is 22.8 Å². The van der Waals surface area contributed by atoms with Crippen LogP contribution < -0.4 is 4.74 Å². The highest BCUT2D eigenvalue weighted by atomic mass is 16.5. The van der Waals surface area contributed by atoms with Crippen molar-refractivity contribution in [1.82, 2.24) is 10.2 Å². The third-order valence-corrected chi connectivity index (χ3v) is 2.13. The van der Waals surface area contributed by atoms with E-state index >= 15 is 0 Å². The van der Waals surface area contributed by atoms with Gasteiger partial charge in [-0.05, 0) is 18.2 Å². The molecule has 1 N–H and O–H groups in total. The topological polar surface area (TPSA) is 96.1 Å². The smallest absolute Gasteiger partial charge is 0.339 e. The van der Waals surface area contributed by atoms with Crippen LogP contribution in [0.2, 0.25) is 0 Å². The number of carboxylic acids is 1. The van der Waals surface area contributed by atoms with E-state index in [1.54, 1.807) is 12.1 Å². The molecule has 0 aliphatic rings. The second kappa shape index (κ2) is 4.93. The predicted octanol–water partition coefficient (Wildman–Crippen LogP) is 1.84. The lowest BCUT2D eigenvalue weighted by atomic mass is 10.2. The van der Waals surface area contributed by atoms with E-state index in [9.17, 15) is 4.79 Å². The molecule has 6 heteroatoms. The number of ether oxygens (including phenoxy) is 1. The Bertz CT molecular complexity index is 634. The molecule has 0 bridgehead atoms. The van der Waals surface area contributed by atoms with E-state index in [0.717, 1.165) is 0 Å². The molecule has 2 rings (SSSR count). The Hall–Kier alpha value is -2.94.